The van der Waals surface area contributed by atoms with Gasteiger partial charge in [0.15, 0.2) is 0 Å². The molecule has 6 heteroatoms. The van der Waals surface area contributed by atoms with E-state index in [0.717, 1.165) is 33.3 Å². The van der Waals surface area contributed by atoms with Gasteiger partial charge in [-0.1, -0.05) is 24.3 Å². The number of carbonyl (C=O) groups excluding carboxylic acids is 1. The van der Waals surface area contributed by atoms with Crippen molar-refractivity contribution >= 4 is 17.2 Å². The van der Waals surface area contributed by atoms with E-state index in [1.165, 1.54) is 0 Å². The molecule has 0 aliphatic heterocycles. The Labute approximate surface area is 163 Å². The zero-order valence-corrected chi connectivity index (χ0v) is 16.2. The van der Waals surface area contributed by atoms with E-state index in [4.69, 9.17) is 9.47 Å². The molecule has 0 atom stereocenters. The number of carbonyl (C=O) groups is 1. The lowest BCUT2D eigenvalue weighted by molar-refractivity contribution is -0.120. The highest BCUT2D eigenvalue weighted by molar-refractivity contribution is 7.13. The highest BCUT2D eigenvalue weighted by atomic mass is 32.1. The molecule has 3 aromatic rings. The van der Waals surface area contributed by atoms with Crippen LogP contribution >= 0.6 is 11.3 Å². The second kappa shape index (κ2) is 9.19. The van der Waals surface area contributed by atoms with Crippen LogP contribution in [0.5, 0.6) is 11.5 Å². The van der Waals surface area contributed by atoms with Gasteiger partial charge in [0.2, 0.25) is 5.91 Å². The number of methoxy groups -OCH3 is 2. The summed E-state index contributed by atoms with van der Waals surface area (Å²) in [5.74, 6) is 1.60. The Bertz CT molecular complexity index is 890. The Morgan fingerprint density at radius 1 is 1.07 bits per heavy atom. The fourth-order valence-corrected chi connectivity index (χ4v) is 3.48. The fourth-order valence-electron chi connectivity index (χ4n) is 2.63. The van der Waals surface area contributed by atoms with Crippen molar-refractivity contribution < 1.29 is 14.3 Å². The van der Waals surface area contributed by atoms with Gasteiger partial charge in [-0.2, -0.15) is 0 Å². The molecular weight excluding hydrogens is 360 g/mol. The van der Waals surface area contributed by atoms with Gasteiger partial charge in [-0.15, -0.1) is 11.3 Å². The zero-order valence-electron chi connectivity index (χ0n) is 15.4. The molecular formula is C21H22N2O3S. The SMILES string of the molecule is COc1ccc(CC(=O)NCCc2csc(-c3cccc(OC)c3)n2)cc1. The number of aromatic nitrogens is 1. The Kier molecular flexibility index (Phi) is 6.44. The van der Waals surface area contributed by atoms with Gasteiger partial charge >= 0.3 is 0 Å². The number of benzene rings is 2. The van der Waals surface area contributed by atoms with E-state index >= 15 is 0 Å². The molecule has 5 nitrogen and oxygen atoms in total. The molecule has 0 aliphatic rings. The highest BCUT2D eigenvalue weighted by Gasteiger charge is 2.07. The highest BCUT2D eigenvalue weighted by Crippen LogP contribution is 2.26. The van der Waals surface area contributed by atoms with Crippen LogP contribution in [0.1, 0.15) is 11.3 Å². The third kappa shape index (κ3) is 5.31. The summed E-state index contributed by atoms with van der Waals surface area (Å²) >= 11 is 1.60. The Balaban J connectivity index is 1.48. The van der Waals surface area contributed by atoms with Gasteiger partial charge in [0.1, 0.15) is 16.5 Å². The summed E-state index contributed by atoms with van der Waals surface area (Å²) in [6.45, 7) is 0.566. The molecule has 0 bridgehead atoms. The Morgan fingerprint density at radius 3 is 2.59 bits per heavy atom. The van der Waals surface area contributed by atoms with Gasteiger partial charge in [-0.05, 0) is 29.8 Å². The van der Waals surface area contributed by atoms with Gasteiger partial charge in [0.05, 0.1) is 26.3 Å². The fraction of sp³-hybridized carbons (Fsp3) is 0.238. The first kappa shape index (κ1) is 18.9. The minimum absolute atomic E-state index is 0.00316. The average molecular weight is 382 g/mol. The molecule has 0 aliphatic carbocycles. The van der Waals surface area contributed by atoms with E-state index in [2.05, 4.69) is 10.3 Å². The Morgan fingerprint density at radius 2 is 1.85 bits per heavy atom. The third-order valence-corrected chi connectivity index (χ3v) is 5.04. The van der Waals surface area contributed by atoms with Crippen molar-refractivity contribution in [3.8, 4) is 22.1 Å². The van der Waals surface area contributed by atoms with Crippen molar-refractivity contribution in [1.82, 2.24) is 10.3 Å². The van der Waals surface area contributed by atoms with Gasteiger partial charge in [-0.25, -0.2) is 4.98 Å². The topological polar surface area (TPSA) is 60.5 Å². The van der Waals surface area contributed by atoms with Crippen molar-refractivity contribution in [2.24, 2.45) is 0 Å². The van der Waals surface area contributed by atoms with Crippen LogP contribution < -0.4 is 14.8 Å². The van der Waals surface area contributed by atoms with Gasteiger partial charge in [0.25, 0.3) is 0 Å². The van der Waals surface area contributed by atoms with Crippen LogP contribution in [0.25, 0.3) is 10.6 Å². The average Bonchev–Trinajstić information content (AvgIpc) is 3.17. The number of thiazole rings is 1. The molecule has 1 N–H and O–H groups in total. The molecule has 1 aromatic heterocycles. The lowest BCUT2D eigenvalue weighted by atomic mass is 10.1. The molecule has 2 aromatic carbocycles. The molecule has 0 fully saturated rings. The molecule has 0 saturated carbocycles. The summed E-state index contributed by atoms with van der Waals surface area (Å²) in [4.78, 5) is 16.7. The van der Waals surface area contributed by atoms with Crippen molar-refractivity contribution in [3.63, 3.8) is 0 Å². The Hall–Kier alpha value is -2.86. The summed E-state index contributed by atoms with van der Waals surface area (Å²) < 4.78 is 10.4. The first-order valence-electron chi connectivity index (χ1n) is 8.66. The summed E-state index contributed by atoms with van der Waals surface area (Å²) in [7, 11) is 3.28. The van der Waals surface area contributed by atoms with Crippen molar-refractivity contribution in [1.29, 1.82) is 0 Å². The summed E-state index contributed by atoms with van der Waals surface area (Å²) in [5.41, 5.74) is 2.97. The predicted molar refractivity (Wildman–Crippen MR) is 108 cm³/mol. The molecule has 27 heavy (non-hydrogen) atoms. The molecule has 3 rings (SSSR count). The van der Waals surface area contributed by atoms with Crippen molar-refractivity contribution in [2.45, 2.75) is 12.8 Å². The number of hydrogen-bond donors (Lipinski definition) is 1. The molecule has 140 valence electrons. The van der Waals surface area contributed by atoms with Crippen LogP contribution in [0.2, 0.25) is 0 Å². The monoisotopic (exact) mass is 382 g/mol. The van der Waals surface area contributed by atoms with Crippen LogP contribution in [0.4, 0.5) is 0 Å². The standard InChI is InChI=1S/C21H22N2O3S/c1-25-18-8-6-15(7-9-18)12-20(24)22-11-10-17-14-27-21(23-17)16-4-3-5-19(13-16)26-2/h3-9,13-14H,10-12H2,1-2H3,(H,22,24). The van der Waals surface area contributed by atoms with Crippen LogP contribution in [0.15, 0.2) is 53.9 Å². The first-order chi connectivity index (χ1) is 13.2. The number of amides is 1. The lowest BCUT2D eigenvalue weighted by Gasteiger charge is -2.05. The number of nitrogens with zero attached hydrogens (tertiary/aromatic N) is 1. The third-order valence-electron chi connectivity index (χ3n) is 4.10. The van der Waals surface area contributed by atoms with E-state index < -0.39 is 0 Å². The number of ether oxygens (including phenoxy) is 2. The van der Waals surface area contributed by atoms with E-state index in [-0.39, 0.29) is 5.91 Å². The van der Waals surface area contributed by atoms with E-state index in [1.54, 1.807) is 25.6 Å². The first-order valence-corrected chi connectivity index (χ1v) is 9.54. The second-order valence-electron chi connectivity index (χ2n) is 6.00. The molecule has 1 amide bonds. The predicted octanol–water partition coefficient (Wildman–Crippen LogP) is 3.73. The minimum atomic E-state index is 0.00316. The number of rotatable bonds is 8. The van der Waals surface area contributed by atoms with E-state index in [1.807, 2.05) is 53.9 Å². The van der Waals surface area contributed by atoms with Crippen LogP contribution in [0.3, 0.4) is 0 Å². The lowest BCUT2D eigenvalue weighted by Crippen LogP contribution is -2.27. The van der Waals surface area contributed by atoms with Crippen molar-refractivity contribution in [3.05, 3.63) is 65.2 Å². The van der Waals surface area contributed by atoms with E-state index in [9.17, 15) is 4.79 Å². The normalized spacial score (nSPS) is 10.4. The number of hydrogen-bond acceptors (Lipinski definition) is 5. The minimum Gasteiger partial charge on any atom is -0.497 e. The zero-order chi connectivity index (χ0) is 19.1. The van der Waals surface area contributed by atoms with Crippen LogP contribution in [0, 0.1) is 0 Å². The van der Waals surface area contributed by atoms with Gasteiger partial charge < -0.3 is 14.8 Å². The molecule has 0 radical (unpaired) electrons. The van der Waals surface area contributed by atoms with Gasteiger partial charge in [-0.3, -0.25) is 4.79 Å². The van der Waals surface area contributed by atoms with Crippen LogP contribution in [-0.2, 0) is 17.6 Å². The van der Waals surface area contributed by atoms with Crippen molar-refractivity contribution in [2.75, 3.05) is 20.8 Å². The summed E-state index contributed by atoms with van der Waals surface area (Å²) in [6.07, 6.45) is 1.06. The maximum absolute atomic E-state index is 12.1. The van der Waals surface area contributed by atoms with Crippen LogP contribution in [-0.4, -0.2) is 31.7 Å². The molecule has 0 spiro atoms. The number of nitrogens with one attached hydrogen (secondary N) is 1. The smallest absolute Gasteiger partial charge is 0.224 e. The van der Waals surface area contributed by atoms with Gasteiger partial charge in [0, 0.05) is 23.9 Å². The molecule has 0 saturated heterocycles. The largest absolute Gasteiger partial charge is 0.497 e. The maximum atomic E-state index is 12.1. The molecule has 0 unspecified atom stereocenters. The quantitative estimate of drug-likeness (QED) is 0.645. The molecule has 1 heterocycles. The summed E-state index contributed by atoms with van der Waals surface area (Å²) in [6, 6.07) is 15.4. The summed E-state index contributed by atoms with van der Waals surface area (Å²) in [5, 5.41) is 5.93. The van der Waals surface area contributed by atoms with E-state index in [0.29, 0.717) is 19.4 Å². The second-order valence-corrected chi connectivity index (χ2v) is 6.86. The maximum Gasteiger partial charge on any atom is 0.224 e.